The Labute approximate surface area is 184 Å². The summed E-state index contributed by atoms with van der Waals surface area (Å²) in [6, 6.07) is 5.63. The van der Waals surface area contributed by atoms with Gasteiger partial charge in [0, 0.05) is 28.6 Å². The summed E-state index contributed by atoms with van der Waals surface area (Å²) in [6.07, 6.45) is 0.981. The molecule has 3 aromatic rings. The maximum absolute atomic E-state index is 12.8. The van der Waals surface area contributed by atoms with Gasteiger partial charge in [0.2, 0.25) is 0 Å². The highest BCUT2D eigenvalue weighted by atomic mass is 32.1. The highest BCUT2D eigenvalue weighted by Crippen LogP contribution is 2.34. The smallest absolute Gasteiger partial charge is 0.263 e. The molecule has 1 aliphatic rings. The average molecular weight is 436 g/mol. The van der Waals surface area contributed by atoms with E-state index >= 15 is 0 Å². The summed E-state index contributed by atoms with van der Waals surface area (Å²) in [5, 5.41) is 5.00. The number of aromatic amines is 1. The number of anilines is 1. The molecule has 0 fully saturated rings. The van der Waals surface area contributed by atoms with Gasteiger partial charge in [-0.1, -0.05) is 19.9 Å². The van der Waals surface area contributed by atoms with E-state index in [9.17, 15) is 14.4 Å². The van der Waals surface area contributed by atoms with Crippen LogP contribution < -0.4 is 10.9 Å². The van der Waals surface area contributed by atoms with Crippen molar-refractivity contribution in [2.24, 2.45) is 5.41 Å². The van der Waals surface area contributed by atoms with Crippen LogP contribution >= 0.6 is 11.3 Å². The number of benzene rings is 1. The minimum Gasteiger partial charge on any atom is -0.325 e. The standard InChI is InChI=1S/C24H25N3O3S/c1-12-6-14(3)15(7-13(12)2)19-11-31-23(26-19)27-22(30)17-8-16-18(25-21(17)29)9-24(4,5)10-20(16)28/h6-8,11H,9-10H2,1-5H3,(H,25,29)(H,26,27,30). The first-order chi connectivity index (χ1) is 14.5. The molecule has 6 nitrogen and oxygen atoms in total. The lowest BCUT2D eigenvalue weighted by molar-refractivity contribution is 0.0910. The van der Waals surface area contributed by atoms with Gasteiger partial charge in [0.15, 0.2) is 10.9 Å². The number of pyridine rings is 1. The van der Waals surface area contributed by atoms with Gasteiger partial charge in [0.25, 0.3) is 11.5 Å². The van der Waals surface area contributed by atoms with Crippen LogP contribution in [0.2, 0.25) is 0 Å². The number of H-pyrrole nitrogens is 1. The fourth-order valence-electron chi connectivity index (χ4n) is 4.05. The third kappa shape index (κ3) is 4.10. The molecule has 0 aliphatic heterocycles. The molecule has 7 heteroatoms. The number of nitrogens with one attached hydrogen (secondary N) is 2. The molecule has 4 rings (SSSR count). The number of aryl methyl sites for hydroxylation is 3. The fraction of sp³-hybridized carbons (Fsp3) is 0.333. The molecule has 0 spiro atoms. The van der Waals surface area contributed by atoms with Gasteiger partial charge in [-0.25, -0.2) is 4.98 Å². The van der Waals surface area contributed by atoms with E-state index in [0.29, 0.717) is 29.2 Å². The van der Waals surface area contributed by atoms with Crippen molar-refractivity contribution in [2.75, 3.05) is 5.32 Å². The lowest BCUT2D eigenvalue weighted by Crippen LogP contribution is -2.32. The van der Waals surface area contributed by atoms with Crippen molar-refractivity contribution in [3.63, 3.8) is 0 Å². The van der Waals surface area contributed by atoms with Crippen molar-refractivity contribution >= 4 is 28.2 Å². The van der Waals surface area contributed by atoms with Crippen LogP contribution in [-0.2, 0) is 6.42 Å². The van der Waals surface area contributed by atoms with Gasteiger partial charge in [-0.3, -0.25) is 19.7 Å². The molecular formula is C24H25N3O3S. The van der Waals surface area contributed by atoms with E-state index < -0.39 is 11.5 Å². The topological polar surface area (TPSA) is 91.9 Å². The monoisotopic (exact) mass is 435 g/mol. The van der Waals surface area contributed by atoms with Gasteiger partial charge >= 0.3 is 0 Å². The van der Waals surface area contributed by atoms with Crippen LogP contribution in [0.3, 0.4) is 0 Å². The maximum Gasteiger partial charge on any atom is 0.263 e. The van der Waals surface area contributed by atoms with Crippen molar-refractivity contribution in [3.8, 4) is 11.3 Å². The molecule has 2 N–H and O–H groups in total. The summed E-state index contributed by atoms with van der Waals surface area (Å²) in [7, 11) is 0. The maximum atomic E-state index is 12.8. The molecule has 2 heterocycles. The molecule has 0 bridgehead atoms. The number of carbonyl (C=O) groups excluding carboxylic acids is 2. The number of aromatic nitrogens is 2. The summed E-state index contributed by atoms with van der Waals surface area (Å²) < 4.78 is 0. The number of hydrogen-bond acceptors (Lipinski definition) is 5. The molecule has 160 valence electrons. The van der Waals surface area contributed by atoms with Crippen molar-refractivity contribution in [1.29, 1.82) is 0 Å². The summed E-state index contributed by atoms with van der Waals surface area (Å²) in [5.41, 5.74) is 5.53. The van der Waals surface area contributed by atoms with E-state index in [0.717, 1.165) is 16.8 Å². The first-order valence-corrected chi connectivity index (χ1v) is 11.1. The minimum atomic E-state index is -0.570. The number of rotatable bonds is 3. The number of amides is 1. The molecule has 0 radical (unpaired) electrons. The largest absolute Gasteiger partial charge is 0.325 e. The van der Waals surface area contributed by atoms with Crippen LogP contribution in [0.25, 0.3) is 11.3 Å². The molecular weight excluding hydrogens is 410 g/mol. The summed E-state index contributed by atoms with van der Waals surface area (Å²) in [4.78, 5) is 45.1. The average Bonchev–Trinajstić information content (AvgIpc) is 3.11. The Kier molecular flexibility index (Phi) is 5.17. The van der Waals surface area contributed by atoms with Crippen molar-refractivity contribution in [2.45, 2.75) is 47.5 Å². The molecule has 1 amide bonds. The van der Waals surface area contributed by atoms with E-state index in [1.807, 2.05) is 26.2 Å². The van der Waals surface area contributed by atoms with Crippen LogP contribution in [0.1, 0.15) is 63.4 Å². The Bertz CT molecular complexity index is 1280. The van der Waals surface area contributed by atoms with Crippen molar-refractivity contribution in [1.82, 2.24) is 9.97 Å². The first-order valence-electron chi connectivity index (χ1n) is 10.2. The quantitative estimate of drug-likeness (QED) is 0.616. The van der Waals surface area contributed by atoms with Gasteiger partial charge < -0.3 is 4.98 Å². The minimum absolute atomic E-state index is 0.0571. The highest BCUT2D eigenvalue weighted by molar-refractivity contribution is 7.14. The second-order valence-electron chi connectivity index (χ2n) is 9.09. The number of nitrogens with zero attached hydrogens (tertiary/aromatic N) is 1. The summed E-state index contributed by atoms with van der Waals surface area (Å²) in [6.45, 7) is 10.1. The molecule has 2 aromatic heterocycles. The van der Waals surface area contributed by atoms with Gasteiger partial charge in [-0.15, -0.1) is 11.3 Å². The van der Waals surface area contributed by atoms with Crippen LogP contribution in [0, 0.1) is 26.2 Å². The van der Waals surface area contributed by atoms with Gasteiger partial charge in [-0.2, -0.15) is 0 Å². The third-order valence-corrected chi connectivity index (χ3v) is 6.56. The number of thiazole rings is 1. The zero-order chi connectivity index (χ0) is 22.5. The normalized spacial score (nSPS) is 14.9. The van der Waals surface area contributed by atoms with Crippen molar-refractivity contribution in [3.05, 3.63) is 67.4 Å². The summed E-state index contributed by atoms with van der Waals surface area (Å²) >= 11 is 1.30. The fourth-order valence-corrected chi connectivity index (χ4v) is 4.76. The number of ketones is 1. The summed E-state index contributed by atoms with van der Waals surface area (Å²) in [5.74, 6) is -0.627. The predicted octanol–water partition coefficient (Wildman–Crippen LogP) is 4.83. The van der Waals surface area contributed by atoms with Gasteiger partial charge in [0.05, 0.1) is 5.69 Å². The van der Waals surface area contributed by atoms with Gasteiger partial charge in [-0.05, 0) is 61.4 Å². The van der Waals surface area contributed by atoms with Crippen molar-refractivity contribution < 1.29 is 9.59 Å². The Morgan fingerprint density at radius 2 is 1.74 bits per heavy atom. The highest BCUT2D eigenvalue weighted by Gasteiger charge is 2.32. The van der Waals surface area contributed by atoms with Gasteiger partial charge in [0.1, 0.15) is 5.56 Å². The number of carbonyl (C=O) groups is 2. The number of Topliss-reactive ketones (excluding diaryl/α,β-unsaturated/α-hetero) is 1. The van der Waals surface area contributed by atoms with Crippen LogP contribution in [0.4, 0.5) is 5.13 Å². The molecule has 0 saturated heterocycles. The SMILES string of the molecule is Cc1cc(C)c(-c2csc(NC(=O)c3cc4c([nH]c3=O)CC(C)(C)CC4=O)n2)cc1C. The zero-order valence-corrected chi connectivity index (χ0v) is 19.1. The second-order valence-corrected chi connectivity index (χ2v) is 9.95. The Morgan fingerprint density at radius 3 is 2.48 bits per heavy atom. The van der Waals surface area contributed by atoms with E-state index in [1.165, 1.54) is 28.5 Å². The van der Waals surface area contributed by atoms with Crippen LogP contribution in [0.5, 0.6) is 0 Å². The van der Waals surface area contributed by atoms with E-state index in [2.05, 4.69) is 41.3 Å². The van der Waals surface area contributed by atoms with Crippen LogP contribution in [-0.4, -0.2) is 21.7 Å². The Morgan fingerprint density at radius 1 is 1.03 bits per heavy atom. The van der Waals surface area contributed by atoms with E-state index in [-0.39, 0.29) is 16.8 Å². The molecule has 0 saturated carbocycles. The third-order valence-electron chi connectivity index (χ3n) is 5.80. The molecule has 0 atom stereocenters. The first kappa shape index (κ1) is 21.2. The predicted molar refractivity (Wildman–Crippen MR) is 123 cm³/mol. The molecule has 31 heavy (non-hydrogen) atoms. The Hall–Kier alpha value is -3.06. The lowest BCUT2D eigenvalue weighted by atomic mass is 9.75. The zero-order valence-electron chi connectivity index (χ0n) is 18.3. The second kappa shape index (κ2) is 7.57. The molecule has 0 unspecified atom stereocenters. The molecule has 1 aromatic carbocycles. The number of fused-ring (bicyclic) bond motifs is 1. The van der Waals surface area contributed by atoms with Crippen LogP contribution in [0.15, 0.2) is 28.4 Å². The molecule has 1 aliphatic carbocycles. The van der Waals surface area contributed by atoms with E-state index in [1.54, 1.807) is 0 Å². The van der Waals surface area contributed by atoms with E-state index in [4.69, 9.17) is 0 Å². The Balaban J connectivity index is 1.61. The lowest BCUT2D eigenvalue weighted by Gasteiger charge is -2.29. The number of hydrogen-bond donors (Lipinski definition) is 2.